The van der Waals surface area contributed by atoms with Gasteiger partial charge in [-0.05, 0) is 86.1 Å². The van der Waals surface area contributed by atoms with Crippen LogP contribution in [0.2, 0.25) is 0 Å². The molecule has 0 unspecified atom stereocenters. The van der Waals surface area contributed by atoms with E-state index < -0.39 is 10.0 Å². The van der Waals surface area contributed by atoms with Gasteiger partial charge in [-0.1, -0.05) is 6.07 Å². The van der Waals surface area contributed by atoms with Crippen LogP contribution in [0.3, 0.4) is 0 Å². The van der Waals surface area contributed by atoms with E-state index in [0.29, 0.717) is 25.8 Å². The van der Waals surface area contributed by atoms with Crippen LogP contribution in [0.5, 0.6) is 5.75 Å². The lowest BCUT2D eigenvalue weighted by atomic mass is 9.94. The summed E-state index contributed by atoms with van der Waals surface area (Å²) in [4.78, 5) is 26.7. The molecule has 2 aliphatic heterocycles. The highest BCUT2D eigenvalue weighted by atomic mass is 35.5. The molecule has 0 bridgehead atoms. The number of carbonyl (C=O) groups excluding carboxylic acids is 2. The third-order valence-electron chi connectivity index (χ3n) is 6.51. The average molecular weight is 522 g/mol. The van der Waals surface area contributed by atoms with E-state index >= 15 is 0 Å². The first kappa shape index (κ1) is 27.1. The summed E-state index contributed by atoms with van der Waals surface area (Å²) in [7, 11) is -2.44. The Morgan fingerprint density at radius 2 is 1.83 bits per heavy atom. The molecule has 10 heteroatoms. The van der Waals surface area contributed by atoms with E-state index in [2.05, 4.69) is 5.32 Å². The Kier molecular flexibility index (Phi) is 8.93. The summed E-state index contributed by atoms with van der Waals surface area (Å²) in [6.07, 6.45) is 4.89. The molecule has 0 aliphatic carbocycles. The maximum Gasteiger partial charge on any atom is 0.241 e. The van der Waals surface area contributed by atoms with Crippen molar-refractivity contribution in [1.82, 2.24) is 5.32 Å². The van der Waals surface area contributed by atoms with Crippen molar-refractivity contribution in [2.75, 3.05) is 31.6 Å². The summed E-state index contributed by atoms with van der Waals surface area (Å²) in [5.74, 6) is 0.583. The van der Waals surface area contributed by atoms with Gasteiger partial charge in [0, 0.05) is 24.9 Å². The minimum atomic E-state index is -3.85. The molecule has 1 amide bonds. The van der Waals surface area contributed by atoms with Crippen LogP contribution < -0.4 is 20.1 Å². The van der Waals surface area contributed by atoms with Gasteiger partial charge in [-0.25, -0.2) is 13.6 Å². The van der Waals surface area contributed by atoms with Crippen LogP contribution in [0.4, 0.5) is 5.69 Å². The Bertz CT molecular complexity index is 1220. The second-order valence-corrected chi connectivity index (χ2v) is 10.4. The molecule has 2 heterocycles. The molecule has 0 saturated heterocycles. The maximum atomic E-state index is 12.7. The van der Waals surface area contributed by atoms with Crippen molar-refractivity contribution >= 4 is 39.8 Å². The molecular weight excluding hydrogens is 490 g/mol. The van der Waals surface area contributed by atoms with Crippen molar-refractivity contribution < 1.29 is 22.7 Å². The number of anilines is 1. The van der Waals surface area contributed by atoms with Gasteiger partial charge in [-0.2, -0.15) is 0 Å². The van der Waals surface area contributed by atoms with Gasteiger partial charge in [-0.15, -0.1) is 12.4 Å². The second kappa shape index (κ2) is 11.5. The molecule has 0 aromatic heterocycles. The number of sulfonamides is 1. The van der Waals surface area contributed by atoms with E-state index in [1.807, 2.05) is 23.1 Å². The lowest BCUT2D eigenvalue weighted by Crippen LogP contribution is -2.32. The summed E-state index contributed by atoms with van der Waals surface area (Å²) in [5, 5.41) is 8.61. The fourth-order valence-electron chi connectivity index (χ4n) is 4.76. The highest BCUT2D eigenvalue weighted by Gasteiger charge is 2.31. The van der Waals surface area contributed by atoms with E-state index in [9.17, 15) is 18.0 Å². The van der Waals surface area contributed by atoms with Crippen LogP contribution in [0, 0.1) is 0 Å². The fourth-order valence-corrected chi connectivity index (χ4v) is 5.50. The number of aryl methyl sites for hydroxylation is 1. The third-order valence-corrected chi connectivity index (χ3v) is 7.44. The monoisotopic (exact) mass is 521 g/mol. The van der Waals surface area contributed by atoms with E-state index in [-0.39, 0.29) is 34.7 Å². The summed E-state index contributed by atoms with van der Waals surface area (Å²) >= 11 is 0. The largest absolute Gasteiger partial charge is 0.495 e. The van der Waals surface area contributed by atoms with E-state index in [1.54, 1.807) is 12.1 Å². The molecule has 2 aliphatic rings. The van der Waals surface area contributed by atoms with E-state index in [0.717, 1.165) is 66.7 Å². The number of methoxy groups -OCH3 is 1. The molecule has 2 aromatic carbocycles. The van der Waals surface area contributed by atoms with E-state index in [1.165, 1.54) is 7.11 Å². The van der Waals surface area contributed by atoms with Gasteiger partial charge in [0.25, 0.3) is 0 Å². The van der Waals surface area contributed by atoms with Gasteiger partial charge >= 0.3 is 0 Å². The number of primary sulfonamides is 1. The third kappa shape index (κ3) is 6.22. The van der Waals surface area contributed by atoms with Gasteiger partial charge in [0.05, 0.1) is 12.8 Å². The molecule has 0 saturated carbocycles. The number of hydrogen-bond donors (Lipinski definition) is 2. The quantitative estimate of drug-likeness (QED) is 0.346. The topological polar surface area (TPSA) is 119 Å². The zero-order valence-corrected chi connectivity index (χ0v) is 21.5. The fraction of sp³-hybridized carbons (Fsp3) is 0.440. The first-order valence-electron chi connectivity index (χ1n) is 11.7. The Morgan fingerprint density at radius 1 is 1.09 bits per heavy atom. The summed E-state index contributed by atoms with van der Waals surface area (Å²) in [6.45, 7) is 2.19. The Hall–Kier alpha value is -2.46. The van der Waals surface area contributed by atoms with Gasteiger partial charge < -0.3 is 15.0 Å². The van der Waals surface area contributed by atoms with Crippen LogP contribution in [0.1, 0.15) is 52.7 Å². The predicted molar refractivity (Wildman–Crippen MR) is 137 cm³/mol. The predicted octanol–water partition coefficient (Wildman–Crippen LogP) is 2.79. The molecular formula is C25H32ClN3O5S. The number of nitrogens with zero attached hydrogens (tertiary/aromatic N) is 1. The molecule has 190 valence electrons. The minimum absolute atomic E-state index is 0. The number of unbranched alkanes of at least 4 members (excludes halogenated alkanes) is 1. The van der Waals surface area contributed by atoms with Gasteiger partial charge in [0.1, 0.15) is 10.6 Å². The molecule has 35 heavy (non-hydrogen) atoms. The Balaban J connectivity index is 0.00000342. The van der Waals surface area contributed by atoms with Crippen LogP contribution in [-0.2, 0) is 34.1 Å². The number of nitrogens with two attached hydrogens (primary N) is 1. The van der Waals surface area contributed by atoms with Gasteiger partial charge in [0.2, 0.25) is 15.9 Å². The summed E-state index contributed by atoms with van der Waals surface area (Å²) < 4.78 is 28.5. The smallest absolute Gasteiger partial charge is 0.241 e. The Labute approximate surface area is 212 Å². The maximum absolute atomic E-state index is 12.7. The molecule has 2 aromatic rings. The number of nitrogens with one attached hydrogen (secondary N) is 1. The Morgan fingerprint density at radius 3 is 2.54 bits per heavy atom. The average Bonchev–Trinajstić information content (AvgIpc) is 3.25. The SMILES string of the molecule is COc1ccc(CCNCCCCC(=O)c2cc3c4c(c2)CCN4C(=O)CC3)cc1S(N)(=O)=O.Cl. The first-order valence-corrected chi connectivity index (χ1v) is 13.2. The normalized spacial score (nSPS) is 14.5. The second-order valence-electron chi connectivity index (χ2n) is 8.85. The number of amides is 1. The van der Waals surface area contributed by atoms with Crippen molar-refractivity contribution in [3.8, 4) is 5.75 Å². The molecule has 0 fully saturated rings. The number of hydrogen-bond acceptors (Lipinski definition) is 6. The van der Waals surface area contributed by atoms with Crippen LogP contribution in [-0.4, -0.2) is 46.9 Å². The van der Waals surface area contributed by atoms with Crippen molar-refractivity contribution in [3.05, 3.63) is 52.6 Å². The molecule has 0 atom stereocenters. The lowest BCUT2D eigenvalue weighted by Gasteiger charge is -2.25. The number of rotatable bonds is 11. The van der Waals surface area contributed by atoms with Gasteiger partial charge in [-0.3, -0.25) is 9.59 Å². The lowest BCUT2D eigenvalue weighted by molar-refractivity contribution is -0.118. The number of Topliss-reactive ketones (excluding diaryl/α,β-unsaturated/α-hetero) is 1. The van der Waals surface area contributed by atoms with Crippen molar-refractivity contribution in [1.29, 1.82) is 0 Å². The first-order chi connectivity index (χ1) is 16.3. The number of ketones is 1. The highest BCUT2D eigenvalue weighted by Crippen LogP contribution is 2.37. The van der Waals surface area contributed by atoms with Crippen LogP contribution in [0.15, 0.2) is 35.2 Å². The molecule has 0 spiro atoms. The zero-order chi connectivity index (χ0) is 24.3. The molecule has 8 nitrogen and oxygen atoms in total. The molecule has 0 radical (unpaired) electrons. The van der Waals surface area contributed by atoms with Crippen molar-refractivity contribution in [2.45, 2.75) is 49.8 Å². The van der Waals surface area contributed by atoms with Gasteiger partial charge in [0.15, 0.2) is 5.78 Å². The molecule has 4 rings (SSSR count). The van der Waals surface area contributed by atoms with Crippen molar-refractivity contribution in [3.63, 3.8) is 0 Å². The summed E-state index contributed by atoms with van der Waals surface area (Å²) in [5.41, 5.74) is 4.92. The minimum Gasteiger partial charge on any atom is -0.495 e. The zero-order valence-electron chi connectivity index (χ0n) is 19.8. The van der Waals surface area contributed by atoms with Crippen LogP contribution >= 0.6 is 12.4 Å². The number of benzene rings is 2. The van der Waals surface area contributed by atoms with Crippen LogP contribution in [0.25, 0.3) is 0 Å². The van der Waals surface area contributed by atoms with E-state index in [4.69, 9.17) is 9.88 Å². The standard InChI is InChI=1S/C25H31N3O5S.ClH/c1-33-22-7-5-17(14-23(22)34(26,31)32)9-12-27-11-3-2-4-21(29)20-15-18-6-8-24(30)28-13-10-19(16-20)25(18)28;/h5,7,14-16,27H,2-4,6,8-13H2,1H3,(H2,26,31,32);1H. The van der Waals surface area contributed by atoms with Crippen molar-refractivity contribution in [2.24, 2.45) is 5.14 Å². The number of ether oxygens (including phenoxy) is 1. The number of halogens is 1. The molecule has 3 N–H and O–H groups in total. The summed E-state index contributed by atoms with van der Waals surface area (Å²) in [6, 6.07) is 8.95. The highest BCUT2D eigenvalue weighted by molar-refractivity contribution is 7.89. The number of carbonyl (C=O) groups is 2.